The molecule has 1 aliphatic rings. The maximum Gasteiger partial charge on any atom is 0.126 e. The van der Waals surface area contributed by atoms with Crippen LogP contribution in [-0.2, 0) is 11.2 Å². The van der Waals surface area contributed by atoms with E-state index in [-0.39, 0.29) is 5.82 Å². The molecule has 16 heavy (non-hydrogen) atoms. The fraction of sp³-hybridized carbons (Fsp3) is 0.500. The van der Waals surface area contributed by atoms with Gasteiger partial charge in [-0.3, -0.25) is 0 Å². The van der Waals surface area contributed by atoms with Gasteiger partial charge in [-0.15, -0.1) is 0 Å². The molecule has 0 bridgehead atoms. The molecule has 88 valence electrons. The molecule has 2 rings (SSSR count). The van der Waals surface area contributed by atoms with E-state index in [1.54, 1.807) is 12.1 Å². The third kappa shape index (κ3) is 2.81. The average molecular weight is 289 g/mol. The molecule has 1 aliphatic heterocycles. The summed E-state index contributed by atoms with van der Waals surface area (Å²) in [6.45, 7) is 1.10. The first-order valence-corrected chi connectivity index (χ1v) is 6.12. The minimum atomic E-state index is -0.820. The molecule has 0 amide bonds. The molecule has 0 spiro atoms. The van der Waals surface area contributed by atoms with Crippen LogP contribution in [0.25, 0.3) is 0 Å². The number of rotatable bonds is 2. The van der Waals surface area contributed by atoms with Crippen LogP contribution in [0.3, 0.4) is 0 Å². The quantitative estimate of drug-likeness (QED) is 0.907. The molecule has 0 aliphatic carbocycles. The van der Waals surface area contributed by atoms with Crippen molar-refractivity contribution < 1.29 is 14.2 Å². The summed E-state index contributed by atoms with van der Waals surface area (Å²) < 4.78 is 19.6. The third-order valence-corrected chi connectivity index (χ3v) is 3.44. The normalized spacial score (nSPS) is 19.7. The number of benzene rings is 1. The zero-order valence-corrected chi connectivity index (χ0v) is 10.5. The van der Waals surface area contributed by atoms with Gasteiger partial charge in [0, 0.05) is 24.1 Å². The van der Waals surface area contributed by atoms with E-state index in [9.17, 15) is 9.50 Å². The van der Waals surface area contributed by atoms with E-state index in [0.29, 0.717) is 38.0 Å². The van der Waals surface area contributed by atoms with Crippen LogP contribution >= 0.6 is 15.9 Å². The van der Waals surface area contributed by atoms with E-state index in [1.165, 1.54) is 6.07 Å². The van der Waals surface area contributed by atoms with Crippen LogP contribution in [-0.4, -0.2) is 23.9 Å². The Labute approximate surface area is 103 Å². The number of halogens is 2. The second-order valence-electron chi connectivity index (χ2n) is 4.25. The van der Waals surface area contributed by atoms with Gasteiger partial charge in [0.1, 0.15) is 5.82 Å². The van der Waals surface area contributed by atoms with E-state index in [2.05, 4.69) is 15.9 Å². The summed E-state index contributed by atoms with van der Waals surface area (Å²) in [5.74, 6) is -0.261. The number of hydrogen-bond acceptors (Lipinski definition) is 2. The van der Waals surface area contributed by atoms with Crippen LogP contribution in [0.1, 0.15) is 18.4 Å². The highest BCUT2D eigenvalue weighted by atomic mass is 79.9. The van der Waals surface area contributed by atoms with Crippen molar-refractivity contribution in [2.24, 2.45) is 0 Å². The van der Waals surface area contributed by atoms with Crippen LogP contribution in [0.15, 0.2) is 22.7 Å². The second-order valence-corrected chi connectivity index (χ2v) is 5.16. The minimum absolute atomic E-state index is 0.261. The van der Waals surface area contributed by atoms with Crippen LogP contribution in [0.5, 0.6) is 0 Å². The van der Waals surface area contributed by atoms with Crippen molar-refractivity contribution in [3.8, 4) is 0 Å². The molecule has 0 atom stereocenters. The maximum atomic E-state index is 13.5. The summed E-state index contributed by atoms with van der Waals surface area (Å²) in [6.07, 6.45) is 1.49. The smallest absolute Gasteiger partial charge is 0.126 e. The van der Waals surface area contributed by atoms with Crippen molar-refractivity contribution in [2.75, 3.05) is 13.2 Å². The predicted molar refractivity (Wildman–Crippen MR) is 62.8 cm³/mol. The first-order chi connectivity index (χ1) is 7.59. The Morgan fingerprint density at radius 1 is 1.38 bits per heavy atom. The lowest BCUT2D eigenvalue weighted by atomic mass is 9.87. The SMILES string of the molecule is OC1(Cc2cc(Br)ccc2F)CCOCC1. The minimum Gasteiger partial charge on any atom is -0.389 e. The Kier molecular flexibility index (Phi) is 3.62. The highest BCUT2D eigenvalue weighted by Crippen LogP contribution is 2.27. The van der Waals surface area contributed by atoms with E-state index >= 15 is 0 Å². The van der Waals surface area contributed by atoms with Crippen molar-refractivity contribution in [3.05, 3.63) is 34.1 Å². The molecule has 4 heteroatoms. The molecular weight excluding hydrogens is 275 g/mol. The standard InChI is InChI=1S/C12H14BrFO2/c13-10-1-2-11(14)9(7-10)8-12(15)3-5-16-6-4-12/h1-2,7,15H,3-6,8H2. The monoisotopic (exact) mass is 288 g/mol. The molecule has 1 aromatic carbocycles. The lowest BCUT2D eigenvalue weighted by molar-refractivity contribution is -0.0629. The Hall–Kier alpha value is -0.450. The zero-order valence-electron chi connectivity index (χ0n) is 8.88. The van der Waals surface area contributed by atoms with Gasteiger partial charge >= 0.3 is 0 Å². The molecule has 0 radical (unpaired) electrons. The van der Waals surface area contributed by atoms with Gasteiger partial charge in [-0.1, -0.05) is 15.9 Å². The van der Waals surface area contributed by atoms with E-state index in [1.807, 2.05) is 0 Å². The van der Waals surface area contributed by atoms with Crippen molar-refractivity contribution in [1.82, 2.24) is 0 Å². The Bertz CT molecular complexity index is 375. The molecule has 0 aromatic heterocycles. The summed E-state index contributed by atoms with van der Waals surface area (Å²) in [5.41, 5.74) is -0.265. The molecule has 1 fully saturated rings. The van der Waals surface area contributed by atoms with E-state index in [4.69, 9.17) is 4.74 Å². The van der Waals surface area contributed by atoms with Gasteiger partial charge in [0.15, 0.2) is 0 Å². The first-order valence-electron chi connectivity index (χ1n) is 5.33. The largest absolute Gasteiger partial charge is 0.389 e. The molecule has 1 saturated heterocycles. The molecule has 1 N–H and O–H groups in total. The van der Waals surface area contributed by atoms with Gasteiger partial charge in [0.05, 0.1) is 5.60 Å². The highest BCUT2D eigenvalue weighted by Gasteiger charge is 2.30. The van der Waals surface area contributed by atoms with Crippen LogP contribution in [0.4, 0.5) is 4.39 Å². The van der Waals surface area contributed by atoms with E-state index < -0.39 is 5.60 Å². The first kappa shape index (κ1) is 12.0. The molecule has 0 saturated carbocycles. The van der Waals surface area contributed by atoms with Gasteiger partial charge in [0.25, 0.3) is 0 Å². The van der Waals surface area contributed by atoms with Gasteiger partial charge < -0.3 is 9.84 Å². The summed E-state index contributed by atoms with van der Waals surface area (Å²) >= 11 is 3.31. The van der Waals surface area contributed by atoms with Crippen molar-refractivity contribution in [3.63, 3.8) is 0 Å². The van der Waals surface area contributed by atoms with Gasteiger partial charge in [-0.05, 0) is 36.6 Å². The molecule has 1 aromatic rings. The number of hydrogen-bond donors (Lipinski definition) is 1. The molecule has 1 heterocycles. The summed E-state index contributed by atoms with van der Waals surface area (Å²) in [4.78, 5) is 0. The number of ether oxygens (including phenoxy) is 1. The summed E-state index contributed by atoms with van der Waals surface area (Å²) in [7, 11) is 0. The molecule has 2 nitrogen and oxygen atoms in total. The summed E-state index contributed by atoms with van der Waals surface area (Å²) in [6, 6.07) is 4.80. The van der Waals surface area contributed by atoms with Crippen LogP contribution in [0, 0.1) is 5.82 Å². The second kappa shape index (κ2) is 4.82. The maximum absolute atomic E-state index is 13.5. The highest BCUT2D eigenvalue weighted by molar-refractivity contribution is 9.10. The van der Waals surface area contributed by atoms with Gasteiger partial charge in [0.2, 0.25) is 0 Å². The Morgan fingerprint density at radius 3 is 2.75 bits per heavy atom. The van der Waals surface area contributed by atoms with Crippen molar-refractivity contribution >= 4 is 15.9 Å². The fourth-order valence-electron chi connectivity index (χ4n) is 1.96. The van der Waals surface area contributed by atoms with Crippen LogP contribution in [0.2, 0.25) is 0 Å². The van der Waals surface area contributed by atoms with Crippen molar-refractivity contribution in [1.29, 1.82) is 0 Å². The molecule has 0 unspecified atom stereocenters. The lowest BCUT2D eigenvalue weighted by Crippen LogP contribution is -2.38. The fourth-order valence-corrected chi connectivity index (χ4v) is 2.37. The predicted octanol–water partition coefficient (Wildman–Crippen LogP) is 2.67. The number of aliphatic hydroxyl groups is 1. The third-order valence-electron chi connectivity index (χ3n) is 2.95. The van der Waals surface area contributed by atoms with Gasteiger partial charge in [-0.25, -0.2) is 4.39 Å². The zero-order chi connectivity index (χ0) is 11.6. The average Bonchev–Trinajstić information content (AvgIpc) is 2.24. The summed E-state index contributed by atoms with van der Waals surface area (Å²) in [5, 5.41) is 10.3. The lowest BCUT2D eigenvalue weighted by Gasteiger charge is -2.32. The Balaban J connectivity index is 2.15. The van der Waals surface area contributed by atoms with Crippen LogP contribution < -0.4 is 0 Å². The topological polar surface area (TPSA) is 29.5 Å². The Morgan fingerprint density at radius 2 is 2.06 bits per heavy atom. The van der Waals surface area contributed by atoms with E-state index in [0.717, 1.165) is 4.47 Å². The van der Waals surface area contributed by atoms with Gasteiger partial charge in [-0.2, -0.15) is 0 Å². The van der Waals surface area contributed by atoms with Crippen molar-refractivity contribution in [2.45, 2.75) is 24.9 Å². The molecular formula is C12H14BrFO2.